The molecule has 2 N–H and O–H groups in total. The van der Waals surface area contributed by atoms with E-state index >= 15 is 0 Å². The molecule has 0 amide bonds. The van der Waals surface area contributed by atoms with Gasteiger partial charge >= 0.3 is 0 Å². The van der Waals surface area contributed by atoms with Crippen LogP contribution in [-0.2, 0) is 6.54 Å². The van der Waals surface area contributed by atoms with Crippen molar-refractivity contribution < 1.29 is 4.39 Å². The second-order valence-electron chi connectivity index (χ2n) is 4.52. The number of anilines is 1. The molecular formula is C15H13BrFN3. The normalized spacial score (nSPS) is 11.2. The smallest absolute Gasteiger partial charge is 0.146 e. The van der Waals surface area contributed by atoms with Crippen LogP contribution in [0.1, 0.15) is 6.92 Å². The number of hydrogen-bond acceptors (Lipinski definition) is 2. The van der Waals surface area contributed by atoms with Crippen LogP contribution in [0.25, 0.3) is 22.4 Å². The van der Waals surface area contributed by atoms with Gasteiger partial charge in [0.05, 0.1) is 16.6 Å². The maximum absolute atomic E-state index is 14.1. The third-order valence-electron chi connectivity index (χ3n) is 3.30. The number of nitrogens with zero attached hydrogens (tertiary/aromatic N) is 2. The predicted octanol–water partition coefficient (Wildman–Crippen LogP) is 4.21. The number of hydrogen-bond donors (Lipinski definition) is 1. The predicted molar refractivity (Wildman–Crippen MR) is 82.9 cm³/mol. The van der Waals surface area contributed by atoms with Gasteiger partial charge in [-0.2, -0.15) is 0 Å². The Morgan fingerprint density at radius 3 is 2.80 bits per heavy atom. The molecule has 0 bridgehead atoms. The van der Waals surface area contributed by atoms with E-state index in [0.717, 1.165) is 15.5 Å². The van der Waals surface area contributed by atoms with Crippen LogP contribution in [0.15, 0.2) is 40.9 Å². The zero-order valence-corrected chi connectivity index (χ0v) is 12.5. The van der Waals surface area contributed by atoms with Gasteiger partial charge in [0, 0.05) is 16.7 Å². The fourth-order valence-corrected chi connectivity index (χ4v) is 2.74. The van der Waals surface area contributed by atoms with Crippen molar-refractivity contribution >= 4 is 32.7 Å². The molecule has 0 unspecified atom stereocenters. The largest absolute Gasteiger partial charge is 0.398 e. The van der Waals surface area contributed by atoms with Gasteiger partial charge in [0.1, 0.15) is 11.6 Å². The zero-order valence-electron chi connectivity index (χ0n) is 10.9. The maximum Gasteiger partial charge on any atom is 0.146 e. The number of imidazole rings is 1. The lowest BCUT2D eigenvalue weighted by Crippen LogP contribution is -2.02. The van der Waals surface area contributed by atoms with Crippen molar-refractivity contribution in [2.45, 2.75) is 13.5 Å². The SMILES string of the molecule is CCn1c(-c2c(N)cccc2F)nc2cc(Br)ccc21. The molecule has 0 fully saturated rings. The Bertz CT molecular complexity index is 775. The Labute approximate surface area is 124 Å². The molecule has 3 rings (SSSR count). The van der Waals surface area contributed by atoms with Gasteiger partial charge in [0.15, 0.2) is 0 Å². The molecule has 0 aliphatic carbocycles. The lowest BCUT2D eigenvalue weighted by atomic mass is 10.1. The van der Waals surface area contributed by atoms with Crippen LogP contribution < -0.4 is 5.73 Å². The molecular weight excluding hydrogens is 321 g/mol. The third kappa shape index (κ3) is 1.98. The second-order valence-corrected chi connectivity index (χ2v) is 5.43. The Kier molecular flexibility index (Phi) is 3.22. The Morgan fingerprint density at radius 2 is 2.10 bits per heavy atom. The quantitative estimate of drug-likeness (QED) is 0.714. The maximum atomic E-state index is 14.1. The van der Waals surface area contributed by atoms with Crippen molar-refractivity contribution in [3.8, 4) is 11.4 Å². The molecule has 0 saturated carbocycles. The van der Waals surface area contributed by atoms with Gasteiger partial charge < -0.3 is 10.3 Å². The highest BCUT2D eigenvalue weighted by Crippen LogP contribution is 2.31. The van der Waals surface area contributed by atoms with Gasteiger partial charge in [-0.25, -0.2) is 9.37 Å². The van der Waals surface area contributed by atoms with Crippen LogP contribution in [-0.4, -0.2) is 9.55 Å². The van der Waals surface area contributed by atoms with Crippen LogP contribution in [0.5, 0.6) is 0 Å². The van der Waals surface area contributed by atoms with Gasteiger partial charge in [-0.05, 0) is 37.3 Å². The number of aryl methyl sites for hydroxylation is 1. The van der Waals surface area contributed by atoms with Crippen LogP contribution in [0.2, 0.25) is 0 Å². The summed E-state index contributed by atoms with van der Waals surface area (Å²) in [4.78, 5) is 4.55. The Hall–Kier alpha value is -1.88. The summed E-state index contributed by atoms with van der Waals surface area (Å²) < 4.78 is 17.0. The van der Waals surface area contributed by atoms with E-state index in [1.165, 1.54) is 6.07 Å². The van der Waals surface area contributed by atoms with Crippen LogP contribution in [0.3, 0.4) is 0 Å². The molecule has 102 valence electrons. The van der Waals surface area contributed by atoms with Crippen LogP contribution in [0.4, 0.5) is 10.1 Å². The summed E-state index contributed by atoms with van der Waals surface area (Å²) in [6.45, 7) is 2.70. The average Bonchev–Trinajstić information content (AvgIpc) is 2.75. The molecule has 0 aliphatic rings. The Morgan fingerprint density at radius 1 is 1.30 bits per heavy atom. The monoisotopic (exact) mass is 333 g/mol. The fraction of sp³-hybridized carbons (Fsp3) is 0.133. The molecule has 3 aromatic rings. The highest BCUT2D eigenvalue weighted by molar-refractivity contribution is 9.10. The summed E-state index contributed by atoms with van der Waals surface area (Å²) in [6, 6.07) is 10.5. The molecule has 0 radical (unpaired) electrons. The van der Waals surface area contributed by atoms with Crippen molar-refractivity contribution in [3.63, 3.8) is 0 Å². The average molecular weight is 334 g/mol. The van der Waals surface area contributed by atoms with Crippen LogP contribution in [0, 0.1) is 5.82 Å². The minimum absolute atomic E-state index is 0.353. The van der Waals surface area contributed by atoms with Crippen molar-refractivity contribution in [2.24, 2.45) is 0 Å². The first-order valence-electron chi connectivity index (χ1n) is 6.32. The van der Waals surface area contributed by atoms with Crippen molar-refractivity contribution in [3.05, 3.63) is 46.7 Å². The van der Waals surface area contributed by atoms with E-state index in [0.29, 0.717) is 23.6 Å². The van der Waals surface area contributed by atoms with E-state index in [4.69, 9.17) is 5.73 Å². The first kappa shape index (κ1) is 13.1. The van der Waals surface area contributed by atoms with E-state index in [9.17, 15) is 4.39 Å². The molecule has 1 aromatic heterocycles. The molecule has 2 aromatic carbocycles. The number of aromatic nitrogens is 2. The first-order chi connectivity index (χ1) is 9.61. The van der Waals surface area contributed by atoms with Gasteiger partial charge in [0.2, 0.25) is 0 Å². The van der Waals surface area contributed by atoms with Gasteiger partial charge in [-0.3, -0.25) is 0 Å². The lowest BCUT2D eigenvalue weighted by Gasteiger charge is -2.09. The fourth-order valence-electron chi connectivity index (χ4n) is 2.39. The minimum Gasteiger partial charge on any atom is -0.398 e. The molecule has 0 atom stereocenters. The highest BCUT2D eigenvalue weighted by atomic mass is 79.9. The summed E-state index contributed by atoms with van der Waals surface area (Å²) in [5.74, 6) is 0.213. The molecule has 1 heterocycles. The van der Waals surface area contributed by atoms with Gasteiger partial charge in [-0.1, -0.05) is 22.0 Å². The first-order valence-corrected chi connectivity index (χ1v) is 7.11. The zero-order chi connectivity index (χ0) is 14.3. The molecule has 0 spiro atoms. The highest BCUT2D eigenvalue weighted by Gasteiger charge is 2.17. The van der Waals surface area contributed by atoms with E-state index in [-0.39, 0.29) is 5.82 Å². The third-order valence-corrected chi connectivity index (χ3v) is 3.79. The van der Waals surface area contributed by atoms with Crippen molar-refractivity contribution in [1.82, 2.24) is 9.55 Å². The van der Waals surface area contributed by atoms with E-state index in [1.54, 1.807) is 12.1 Å². The van der Waals surface area contributed by atoms with Crippen molar-refractivity contribution in [1.29, 1.82) is 0 Å². The molecule has 0 saturated heterocycles. The summed E-state index contributed by atoms with van der Waals surface area (Å²) in [5, 5.41) is 0. The Balaban J connectivity index is 2.36. The number of rotatable bonds is 2. The topological polar surface area (TPSA) is 43.8 Å². The molecule has 0 aliphatic heterocycles. The number of benzene rings is 2. The van der Waals surface area contributed by atoms with Crippen LogP contribution >= 0.6 is 15.9 Å². The minimum atomic E-state index is -0.353. The number of fused-ring (bicyclic) bond motifs is 1. The summed E-state index contributed by atoms with van der Waals surface area (Å²) in [6.07, 6.45) is 0. The number of nitrogen functional groups attached to an aromatic ring is 1. The number of nitrogens with two attached hydrogens (primary N) is 1. The standard InChI is InChI=1S/C15H13BrFN3/c1-2-20-13-7-6-9(16)8-12(13)19-15(20)14-10(17)4-3-5-11(14)18/h3-8H,2,18H2,1H3. The second kappa shape index (κ2) is 4.90. The van der Waals surface area contributed by atoms with Gasteiger partial charge in [0.25, 0.3) is 0 Å². The number of halogens is 2. The van der Waals surface area contributed by atoms with Crippen molar-refractivity contribution in [2.75, 3.05) is 5.73 Å². The molecule has 5 heteroatoms. The summed E-state index contributed by atoms with van der Waals surface area (Å²) in [7, 11) is 0. The lowest BCUT2D eigenvalue weighted by molar-refractivity contribution is 0.628. The summed E-state index contributed by atoms with van der Waals surface area (Å²) in [5.41, 5.74) is 8.47. The molecule has 20 heavy (non-hydrogen) atoms. The van der Waals surface area contributed by atoms with Gasteiger partial charge in [-0.15, -0.1) is 0 Å². The van der Waals surface area contributed by atoms with E-state index in [2.05, 4.69) is 20.9 Å². The summed E-state index contributed by atoms with van der Waals surface area (Å²) >= 11 is 3.43. The molecule has 3 nitrogen and oxygen atoms in total. The van der Waals surface area contributed by atoms with E-state index in [1.807, 2.05) is 29.7 Å². The van der Waals surface area contributed by atoms with E-state index < -0.39 is 0 Å².